The van der Waals surface area contributed by atoms with Crippen LogP contribution in [0.2, 0.25) is 0 Å². The number of aryl methyl sites for hydroxylation is 3. The Morgan fingerprint density at radius 3 is 2.81 bits per heavy atom. The van der Waals surface area contributed by atoms with Crippen LogP contribution in [0.4, 0.5) is 0 Å². The monoisotopic (exact) mass is 286 g/mol. The summed E-state index contributed by atoms with van der Waals surface area (Å²) in [5, 5.41) is 1.42. The molecule has 3 nitrogen and oxygen atoms in total. The topological polar surface area (TPSA) is 28.3 Å². The van der Waals surface area contributed by atoms with E-state index in [9.17, 15) is 0 Å². The first-order valence-electron chi connectivity index (χ1n) is 8.18. The van der Waals surface area contributed by atoms with Crippen molar-refractivity contribution in [3.63, 3.8) is 0 Å². The zero-order valence-corrected chi connectivity index (χ0v) is 13.2. The Hall–Kier alpha value is -1.32. The molecule has 1 aliphatic rings. The van der Waals surface area contributed by atoms with Crippen molar-refractivity contribution >= 4 is 10.9 Å². The first-order valence-corrected chi connectivity index (χ1v) is 8.18. The van der Waals surface area contributed by atoms with Gasteiger partial charge in [-0.25, -0.2) is 0 Å². The average molecular weight is 286 g/mol. The van der Waals surface area contributed by atoms with E-state index in [4.69, 9.17) is 4.74 Å². The molecule has 1 N–H and O–H groups in total. The number of morpholine rings is 1. The number of H-pyrrole nitrogens is 1. The van der Waals surface area contributed by atoms with Gasteiger partial charge in [0.25, 0.3) is 0 Å². The van der Waals surface area contributed by atoms with Gasteiger partial charge in [0, 0.05) is 29.7 Å². The number of aromatic nitrogens is 1. The molecule has 21 heavy (non-hydrogen) atoms. The Balaban J connectivity index is 1.68. The van der Waals surface area contributed by atoms with E-state index in [2.05, 4.69) is 41.9 Å². The fourth-order valence-corrected chi connectivity index (χ4v) is 3.34. The Kier molecular flexibility index (Phi) is 4.61. The molecule has 3 rings (SSSR count). The zero-order chi connectivity index (χ0) is 14.7. The quantitative estimate of drug-likeness (QED) is 0.913. The van der Waals surface area contributed by atoms with Gasteiger partial charge in [-0.2, -0.15) is 0 Å². The van der Waals surface area contributed by atoms with E-state index in [1.807, 2.05) is 0 Å². The van der Waals surface area contributed by atoms with Gasteiger partial charge in [0.05, 0.1) is 13.2 Å². The predicted octanol–water partition coefficient (Wildman–Crippen LogP) is 3.30. The summed E-state index contributed by atoms with van der Waals surface area (Å²) in [6.45, 7) is 9.58. The zero-order valence-electron chi connectivity index (χ0n) is 13.2. The smallest absolute Gasteiger partial charge is 0.0594 e. The highest BCUT2D eigenvalue weighted by Gasteiger charge is 2.12. The molecule has 0 aliphatic carbocycles. The first-order chi connectivity index (χ1) is 10.3. The van der Waals surface area contributed by atoms with E-state index in [1.54, 1.807) is 0 Å². The van der Waals surface area contributed by atoms with Crippen molar-refractivity contribution in [3.8, 4) is 0 Å². The number of ether oxygens (including phenoxy) is 1. The molecule has 0 saturated carbocycles. The normalized spacial score (nSPS) is 16.7. The number of hydrogen-bond acceptors (Lipinski definition) is 2. The minimum Gasteiger partial charge on any atom is -0.379 e. The van der Waals surface area contributed by atoms with Crippen LogP contribution in [0.5, 0.6) is 0 Å². The molecule has 1 aliphatic heterocycles. The van der Waals surface area contributed by atoms with Crippen molar-refractivity contribution in [2.24, 2.45) is 0 Å². The van der Waals surface area contributed by atoms with Gasteiger partial charge in [-0.3, -0.25) is 4.90 Å². The molecule has 2 heterocycles. The van der Waals surface area contributed by atoms with Crippen LogP contribution < -0.4 is 0 Å². The number of rotatable bonds is 5. The third kappa shape index (κ3) is 3.30. The molecule has 0 bridgehead atoms. The van der Waals surface area contributed by atoms with Gasteiger partial charge in [0.2, 0.25) is 0 Å². The third-order valence-corrected chi connectivity index (χ3v) is 4.51. The molecule has 0 atom stereocenters. The van der Waals surface area contributed by atoms with Crippen LogP contribution in [0, 0.1) is 6.92 Å². The molecule has 0 unspecified atom stereocenters. The third-order valence-electron chi connectivity index (χ3n) is 4.51. The highest BCUT2D eigenvalue weighted by atomic mass is 16.5. The lowest BCUT2D eigenvalue weighted by molar-refractivity contribution is 0.0374. The van der Waals surface area contributed by atoms with Crippen LogP contribution >= 0.6 is 0 Å². The minimum atomic E-state index is 0.895. The van der Waals surface area contributed by atoms with Crippen LogP contribution in [-0.4, -0.2) is 42.7 Å². The van der Waals surface area contributed by atoms with E-state index >= 15 is 0 Å². The van der Waals surface area contributed by atoms with Crippen molar-refractivity contribution in [2.75, 3.05) is 32.8 Å². The van der Waals surface area contributed by atoms with Gasteiger partial charge in [-0.1, -0.05) is 18.6 Å². The van der Waals surface area contributed by atoms with Crippen LogP contribution in [-0.2, 0) is 17.6 Å². The van der Waals surface area contributed by atoms with Gasteiger partial charge in [0.15, 0.2) is 0 Å². The summed E-state index contributed by atoms with van der Waals surface area (Å²) in [7, 11) is 0. The van der Waals surface area contributed by atoms with Crippen molar-refractivity contribution in [1.29, 1.82) is 0 Å². The number of aromatic amines is 1. The summed E-state index contributed by atoms with van der Waals surface area (Å²) < 4.78 is 5.40. The van der Waals surface area contributed by atoms with E-state index in [0.717, 1.165) is 39.1 Å². The highest BCUT2D eigenvalue weighted by Crippen LogP contribution is 2.25. The number of benzene rings is 1. The molecular weight excluding hydrogens is 260 g/mol. The van der Waals surface area contributed by atoms with Crippen molar-refractivity contribution in [2.45, 2.75) is 33.1 Å². The molecule has 1 fully saturated rings. The van der Waals surface area contributed by atoms with Crippen LogP contribution in [0.1, 0.15) is 30.2 Å². The Bertz CT molecular complexity index is 597. The highest BCUT2D eigenvalue weighted by molar-refractivity contribution is 5.85. The number of nitrogens with zero attached hydrogens (tertiary/aromatic N) is 1. The fourth-order valence-electron chi connectivity index (χ4n) is 3.34. The molecule has 3 heteroatoms. The second kappa shape index (κ2) is 6.63. The van der Waals surface area contributed by atoms with Crippen LogP contribution in [0.25, 0.3) is 10.9 Å². The van der Waals surface area contributed by atoms with Gasteiger partial charge in [-0.15, -0.1) is 0 Å². The molecule has 1 saturated heterocycles. The molecule has 1 aromatic heterocycles. The van der Waals surface area contributed by atoms with Gasteiger partial charge >= 0.3 is 0 Å². The number of hydrogen-bond donors (Lipinski definition) is 1. The Morgan fingerprint density at radius 1 is 1.24 bits per heavy atom. The van der Waals surface area contributed by atoms with E-state index < -0.39 is 0 Å². The summed E-state index contributed by atoms with van der Waals surface area (Å²) in [6.07, 6.45) is 3.48. The second-order valence-electron chi connectivity index (χ2n) is 6.04. The molecule has 0 amide bonds. The van der Waals surface area contributed by atoms with Crippen LogP contribution in [0.3, 0.4) is 0 Å². The van der Waals surface area contributed by atoms with Crippen LogP contribution in [0.15, 0.2) is 18.2 Å². The number of nitrogens with one attached hydrogen (secondary N) is 1. The lowest BCUT2D eigenvalue weighted by atomic mass is 10.0. The Labute approximate surface area is 127 Å². The lowest BCUT2D eigenvalue weighted by Gasteiger charge is -2.26. The predicted molar refractivity (Wildman–Crippen MR) is 88.0 cm³/mol. The standard InChI is InChI=1S/C18H26N2O/c1-3-15-16-13-14(2)6-7-18(16)19-17(15)5-4-8-20-9-11-21-12-10-20/h6-7,13,19H,3-5,8-12H2,1-2H3. The maximum absolute atomic E-state index is 5.40. The van der Waals surface area contributed by atoms with Gasteiger partial charge in [-0.05, 0) is 50.4 Å². The summed E-state index contributed by atoms with van der Waals surface area (Å²) in [6, 6.07) is 6.72. The SMILES string of the molecule is CCc1c(CCCN2CCOCC2)[nH]c2ccc(C)cc12. The van der Waals surface area contributed by atoms with E-state index in [0.29, 0.717) is 0 Å². The molecule has 2 aromatic rings. The minimum absolute atomic E-state index is 0.895. The van der Waals surface area contributed by atoms with Crippen molar-refractivity contribution in [1.82, 2.24) is 9.88 Å². The van der Waals surface area contributed by atoms with Gasteiger partial charge in [0.1, 0.15) is 0 Å². The summed E-state index contributed by atoms with van der Waals surface area (Å²) >= 11 is 0. The summed E-state index contributed by atoms with van der Waals surface area (Å²) in [5.74, 6) is 0. The summed E-state index contributed by atoms with van der Waals surface area (Å²) in [4.78, 5) is 6.15. The molecular formula is C18H26N2O. The largest absolute Gasteiger partial charge is 0.379 e. The van der Waals surface area contributed by atoms with Gasteiger partial charge < -0.3 is 9.72 Å². The first kappa shape index (κ1) is 14.6. The fraction of sp³-hybridized carbons (Fsp3) is 0.556. The number of fused-ring (bicyclic) bond motifs is 1. The van der Waals surface area contributed by atoms with Crippen molar-refractivity contribution < 1.29 is 4.74 Å². The molecule has 1 aromatic carbocycles. The second-order valence-corrected chi connectivity index (χ2v) is 6.04. The lowest BCUT2D eigenvalue weighted by Crippen LogP contribution is -2.36. The molecule has 114 valence electrons. The molecule has 0 spiro atoms. The van der Waals surface area contributed by atoms with E-state index in [-0.39, 0.29) is 0 Å². The maximum atomic E-state index is 5.40. The molecule has 0 radical (unpaired) electrons. The Morgan fingerprint density at radius 2 is 2.05 bits per heavy atom. The maximum Gasteiger partial charge on any atom is 0.0594 e. The summed E-state index contributed by atoms with van der Waals surface area (Å²) in [5.41, 5.74) is 5.58. The van der Waals surface area contributed by atoms with E-state index in [1.165, 1.54) is 40.7 Å². The van der Waals surface area contributed by atoms with Crippen molar-refractivity contribution in [3.05, 3.63) is 35.0 Å². The average Bonchev–Trinajstić information content (AvgIpc) is 2.85.